The molecule has 7 nitrogen and oxygen atoms in total. The van der Waals surface area contributed by atoms with Crippen molar-refractivity contribution in [3.05, 3.63) is 64.6 Å². The van der Waals surface area contributed by atoms with E-state index in [4.69, 9.17) is 4.99 Å². The first-order valence-electron chi connectivity index (χ1n) is 14.0. The van der Waals surface area contributed by atoms with Crippen molar-refractivity contribution in [3.8, 4) is 0 Å². The molecule has 3 aliphatic rings. The number of halogens is 2. The van der Waals surface area contributed by atoms with E-state index >= 15 is 8.78 Å². The lowest BCUT2D eigenvalue weighted by atomic mass is 9.90. The van der Waals surface area contributed by atoms with Crippen LogP contribution in [0.15, 0.2) is 46.8 Å². The molecule has 0 bridgehead atoms. The number of hydrogen-bond acceptors (Lipinski definition) is 6. The lowest BCUT2D eigenvalue weighted by Crippen LogP contribution is -2.48. The molecule has 4 heterocycles. The van der Waals surface area contributed by atoms with Crippen LogP contribution in [0.2, 0.25) is 0 Å². The van der Waals surface area contributed by atoms with Crippen molar-refractivity contribution in [2.45, 2.75) is 65.3 Å². The van der Waals surface area contributed by atoms with Gasteiger partial charge in [0, 0.05) is 42.7 Å². The SMILES string of the molecule is CCC1=C(Nc2ccc([C@H](O)C3CN(CC)C3)cn2)N=C(c2cc(F)c3nc(C)n(C(C)C)c3c2)C2(F)CC12. The largest absolute Gasteiger partial charge is 0.388 e. The van der Waals surface area contributed by atoms with Crippen LogP contribution in [0.4, 0.5) is 14.6 Å². The van der Waals surface area contributed by atoms with Crippen molar-refractivity contribution in [2.75, 3.05) is 25.0 Å². The number of anilines is 1. The van der Waals surface area contributed by atoms with Crippen LogP contribution in [0.25, 0.3) is 11.0 Å². The van der Waals surface area contributed by atoms with E-state index < -0.39 is 17.6 Å². The summed E-state index contributed by atoms with van der Waals surface area (Å²) >= 11 is 0. The number of pyridine rings is 1. The van der Waals surface area contributed by atoms with Gasteiger partial charge in [0.1, 0.15) is 23.0 Å². The summed E-state index contributed by atoms with van der Waals surface area (Å²) in [7, 11) is 0. The van der Waals surface area contributed by atoms with Crippen LogP contribution in [-0.4, -0.2) is 55.6 Å². The van der Waals surface area contributed by atoms with E-state index in [9.17, 15) is 5.11 Å². The molecule has 0 spiro atoms. The van der Waals surface area contributed by atoms with Crippen molar-refractivity contribution < 1.29 is 13.9 Å². The number of nitrogens with zero attached hydrogens (tertiary/aromatic N) is 5. The van der Waals surface area contributed by atoms with E-state index in [1.807, 2.05) is 50.5 Å². The molecule has 1 saturated heterocycles. The summed E-state index contributed by atoms with van der Waals surface area (Å²) in [6.07, 6.45) is 2.12. The smallest absolute Gasteiger partial charge is 0.160 e. The van der Waals surface area contributed by atoms with Gasteiger partial charge in [0.2, 0.25) is 0 Å². The molecule has 9 heteroatoms. The minimum atomic E-state index is -1.61. The zero-order valence-electron chi connectivity index (χ0n) is 23.2. The lowest BCUT2D eigenvalue weighted by molar-refractivity contribution is -0.00230. The highest BCUT2D eigenvalue weighted by atomic mass is 19.1. The molecular formula is C30H36F2N6O. The predicted molar refractivity (Wildman–Crippen MR) is 149 cm³/mol. The third-order valence-electron chi connectivity index (χ3n) is 8.58. The Morgan fingerprint density at radius 2 is 1.97 bits per heavy atom. The van der Waals surface area contributed by atoms with Gasteiger partial charge in [-0.1, -0.05) is 19.9 Å². The number of aliphatic hydroxyl groups excluding tert-OH is 1. The maximum Gasteiger partial charge on any atom is 0.160 e. The third kappa shape index (κ3) is 4.26. The van der Waals surface area contributed by atoms with Crippen LogP contribution in [-0.2, 0) is 0 Å². The van der Waals surface area contributed by atoms with E-state index in [1.54, 1.807) is 6.20 Å². The predicted octanol–water partition coefficient (Wildman–Crippen LogP) is 5.71. The van der Waals surface area contributed by atoms with Gasteiger partial charge in [-0.15, -0.1) is 0 Å². The number of aryl methyl sites for hydroxylation is 1. The van der Waals surface area contributed by atoms with E-state index in [-0.39, 0.29) is 23.6 Å². The second kappa shape index (κ2) is 9.48. The Morgan fingerprint density at radius 1 is 1.21 bits per heavy atom. The van der Waals surface area contributed by atoms with Crippen molar-refractivity contribution in [1.29, 1.82) is 0 Å². The normalized spacial score (nSPS) is 24.1. The number of rotatable bonds is 8. The first-order chi connectivity index (χ1) is 18.6. The van der Waals surface area contributed by atoms with Gasteiger partial charge in [-0.25, -0.2) is 23.7 Å². The van der Waals surface area contributed by atoms with Gasteiger partial charge in [0.05, 0.1) is 17.3 Å². The number of aromatic nitrogens is 3. The molecule has 1 aromatic carbocycles. The van der Waals surface area contributed by atoms with Crippen LogP contribution in [0.1, 0.15) is 69.6 Å². The number of aliphatic imine (C=N–C) groups is 1. The maximum atomic E-state index is 16.2. The summed E-state index contributed by atoms with van der Waals surface area (Å²) in [6.45, 7) is 12.8. The second-order valence-corrected chi connectivity index (χ2v) is 11.4. The molecule has 2 aromatic heterocycles. The van der Waals surface area contributed by atoms with E-state index in [0.29, 0.717) is 41.1 Å². The van der Waals surface area contributed by atoms with Crippen LogP contribution in [0.5, 0.6) is 0 Å². The number of hydrogen-bond donors (Lipinski definition) is 2. The third-order valence-corrected chi connectivity index (χ3v) is 8.58. The van der Waals surface area contributed by atoms with E-state index in [0.717, 1.165) is 36.6 Å². The maximum absolute atomic E-state index is 16.2. The topological polar surface area (TPSA) is 78.6 Å². The molecule has 2 fully saturated rings. The summed E-state index contributed by atoms with van der Waals surface area (Å²) in [5, 5.41) is 14.0. The highest BCUT2D eigenvalue weighted by molar-refractivity contribution is 6.12. The standard InChI is InChI=1S/C30H36F2N6O/c1-6-21-22-12-30(22,32)28(19-10-23(31)26-24(11-19)38(16(3)4)17(5)34-26)36-29(21)35-25-9-8-18(13-33-25)27(39)20-14-37(7-2)15-20/h8-11,13,16,20,22,27,39H,6-7,12,14-15H2,1-5H3,(H,33,35)/t22?,27-,30?/m0/s1. The van der Waals surface area contributed by atoms with E-state index in [2.05, 4.69) is 27.1 Å². The van der Waals surface area contributed by atoms with Crippen LogP contribution >= 0.6 is 0 Å². The highest BCUT2D eigenvalue weighted by Gasteiger charge is 2.63. The number of imidazole rings is 1. The van der Waals surface area contributed by atoms with Crippen LogP contribution in [0, 0.1) is 24.6 Å². The average molecular weight is 535 g/mol. The Hall–Kier alpha value is -3.17. The number of benzene rings is 1. The quantitative estimate of drug-likeness (QED) is 0.387. The van der Waals surface area contributed by atoms with Gasteiger partial charge in [-0.2, -0.15) is 0 Å². The number of alkyl halides is 1. The Morgan fingerprint density at radius 3 is 2.62 bits per heavy atom. The van der Waals surface area contributed by atoms with Gasteiger partial charge in [0.25, 0.3) is 0 Å². The fourth-order valence-corrected chi connectivity index (χ4v) is 6.34. The first-order valence-corrected chi connectivity index (χ1v) is 14.0. The van der Waals surface area contributed by atoms with E-state index in [1.165, 1.54) is 6.07 Å². The van der Waals surface area contributed by atoms with Crippen molar-refractivity contribution in [3.63, 3.8) is 0 Å². The average Bonchev–Trinajstić information content (AvgIpc) is 3.45. The molecule has 2 aliphatic heterocycles. The second-order valence-electron chi connectivity index (χ2n) is 11.4. The molecule has 1 saturated carbocycles. The molecule has 3 aromatic rings. The number of aliphatic hydroxyl groups is 1. The number of likely N-dealkylation sites (tertiary alicyclic amines) is 1. The number of nitrogens with one attached hydrogen (secondary N) is 1. The lowest BCUT2D eigenvalue weighted by Gasteiger charge is -2.41. The van der Waals surface area contributed by atoms with Gasteiger partial charge < -0.3 is 19.9 Å². The van der Waals surface area contributed by atoms with Crippen molar-refractivity contribution in [1.82, 2.24) is 19.4 Å². The van der Waals surface area contributed by atoms with Crippen molar-refractivity contribution in [2.24, 2.45) is 16.8 Å². The fourth-order valence-electron chi connectivity index (χ4n) is 6.34. The Bertz CT molecular complexity index is 1490. The monoisotopic (exact) mass is 534 g/mol. The summed E-state index contributed by atoms with van der Waals surface area (Å²) < 4.78 is 33.4. The molecule has 39 heavy (non-hydrogen) atoms. The minimum absolute atomic E-state index is 0.0807. The molecule has 206 valence electrons. The van der Waals surface area contributed by atoms with Gasteiger partial charge in [-0.3, -0.25) is 0 Å². The number of fused-ring (bicyclic) bond motifs is 2. The van der Waals surface area contributed by atoms with Crippen LogP contribution in [0.3, 0.4) is 0 Å². The molecule has 1 aliphatic carbocycles. The fraction of sp³-hybridized carbons (Fsp3) is 0.500. The summed E-state index contributed by atoms with van der Waals surface area (Å²) in [5.74, 6) is 1.30. The van der Waals surface area contributed by atoms with Crippen LogP contribution < -0.4 is 5.32 Å². The Labute approximate surface area is 227 Å². The summed E-state index contributed by atoms with van der Waals surface area (Å²) in [5.41, 5.74) is 1.71. The molecule has 6 rings (SSSR count). The summed E-state index contributed by atoms with van der Waals surface area (Å²) in [4.78, 5) is 16.0. The Balaban J connectivity index is 1.32. The minimum Gasteiger partial charge on any atom is -0.388 e. The van der Waals surface area contributed by atoms with Gasteiger partial charge >= 0.3 is 0 Å². The summed E-state index contributed by atoms with van der Waals surface area (Å²) in [6, 6.07) is 6.96. The van der Waals surface area contributed by atoms with Gasteiger partial charge in [0.15, 0.2) is 11.5 Å². The van der Waals surface area contributed by atoms with Crippen molar-refractivity contribution >= 4 is 22.6 Å². The Kier molecular flexibility index (Phi) is 6.34. The molecule has 0 radical (unpaired) electrons. The molecule has 3 atom stereocenters. The number of allylic oxidation sites excluding steroid dienone is 1. The first kappa shape index (κ1) is 26.1. The highest BCUT2D eigenvalue weighted by Crippen LogP contribution is 2.58. The zero-order valence-corrected chi connectivity index (χ0v) is 23.2. The zero-order chi connectivity index (χ0) is 27.6. The molecular weight excluding hydrogens is 498 g/mol. The molecule has 0 amide bonds. The molecule has 2 unspecified atom stereocenters. The van der Waals surface area contributed by atoms with Gasteiger partial charge in [-0.05, 0) is 69.5 Å². The molecule has 2 N–H and O–H groups in total.